The smallest absolute Gasteiger partial charge is 0.252 e. The third kappa shape index (κ3) is 3.17. The number of thiophene rings is 1. The van der Waals surface area contributed by atoms with Crippen molar-refractivity contribution < 1.29 is 9.53 Å². The molecular formula is C26H28N2O2S. The van der Waals surface area contributed by atoms with Gasteiger partial charge in [0.05, 0.1) is 11.7 Å². The summed E-state index contributed by atoms with van der Waals surface area (Å²) in [5.74, 6) is 0.139. The van der Waals surface area contributed by atoms with Crippen molar-refractivity contribution in [3.8, 4) is 5.00 Å². The Hall–Kier alpha value is -2.37. The quantitative estimate of drug-likeness (QED) is 0.548. The van der Waals surface area contributed by atoms with E-state index in [1.165, 1.54) is 57.1 Å². The zero-order chi connectivity index (χ0) is 20.9. The number of fused-ring (bicyclic) bond motifs is 5. The van der Waals surface area contributed by atoms with Gasteiger partial charge in [0.15, 0.2) is 0 Å². The number of nitrogens with zero attached hydrogens (tertiary/aromatic N) is 2. The van der Waals surface area contributed by atoms with Crippen LogP contribution in [-0.2, 0) is 28.9 Å². The van der Waals surface area contributed by atoms with Gasteiger partial charge in [-0.2, -0.15) is 0 Å². The van der Waals surface area contributed by atoms with Crippen molar-refractivity contribution >= 4 is 17.2 Å². The maximum absolute atomic E-state index is 13.8. The van der Waals surface area contributed by atoms with Crippen molar-refractivity contribution in [2.24, 2.45) is 0 Å². The van der Waals surface area contributed by atoms with E-state index < -0.39 is 0 Å². The molecule has 1 saturated heterocycles. The van der Waals surface area contributed by atoms with Crippen molar-refractivity contribution in [2.45, 2.75) is 64.1 Å². The average Bonchev–Trinajstić information content (AvgIpc) is 3.52. The number of hydrogen-bond donors (Lipinski definition) is 0. The molecule has 160 valence electrons. The Morgan fingerprint density at radius 1 is 1.10 bits per heavy atom. The number of carbonyl (C=O) groups is 1. The first-order chi connectivity index (χ1) is 15.2. The summed E-state index contributed by atoms with van der Waals surface area (Å²) in [5, 5.41) is 1.31. The number of benzene rings is 1. The first kappa shape index (κ1) is 19.3. The van der Waals surface area contributed by atoms with Crippen LogP contribution < -0.4 is 0 Å². The maximum Gasteiger partial charge on any atom is 0.252 e. The molecule has 1 aromatic carbocycles. The highest BCUT2D eigenvalue weighted by Crippen LogP contribution is 2.44. The van der Waals surface area contributed by atoms with Crippen molar-refractivity contribution in [1.82, 2.24) is 9.47 Å². The Kier molecular flexibility index (Phi) is 4.77. The molecule has 3 aliphatic rings. The van der Waals surface area contributed by atoms with Crippen LogP contribution in [0.1, 0.15) is 64.6 Å². The van der Waals surface area contributed by atoms with Crippen LogP contribution in [0.2, 0.25) is 0 Å². The summed E-state index contributed by atoms with van der Waals surface area (Å²) in [6, 6.07) is 12.8. The molecule has 31 heavy (non-hydrogen) atoms. The van der Waals surface area contributed by atoms with Crippen molar-refractivity contribution in [3.63, 3.8) is 0 Å². The molecule has 0 radical (unpaired) electrons. The molecule has 1 fully saturated rings. The molecule has 6 rings (SSSR count). The Morgan fingerprint density at radius 3 is 2.84 bits per heavy atom. The lowest BCUT2D eigenvalue weighted by molar-refractivity contribution is -0.143. The predicted molar refractivity (Wildman–Crippen MR) is 123 cm³/mol. The summed E-state index contributed by atoms with van der Waals surface area (Å²) < 4.78 is 8.23. The maximum atomic E-state index is 13.8. The zero-order valence-corrected chi connectivity index (χ0v) is 18.8. The lowest BCUT2D eigenvalue weighted by Crippen LogP contribution is -2.41. The summed E-state index contributed by atoms with van der Waals surface area (Å²) in [4.78, 5) is 17.5. The number of ether oxygens (including phenoxy) is 1. The molecule has 2 aliphatic heterocycles. The molecule has 1 aliphatic carbocycles. The molecule has 4 nitrogen and oxygen atoms in total. The number of carbonyl (C=O) groups excluding carboxylic acids is 1. The van der Waals surface area contributed by atoms with Gasteiger partial charge >= 0.3 is 0 Å². The molecule has 2 aromatic heterocycles. The highest BCUT2D eigenvalue weighted by molar-refractivity contribution is 7.15. The highest BCUT2D eigenvalue weighted by atomic mass is 32.1. The second-order valence-electron chi connectivity index (χ2n) is 9.08. The number of aromatic nitrogens is 1. The molecule has 4 heterocycles. The van der Waals surface area contributed by atoms with Gasteiger partial charge in [-0.25, -0.2) is 0 Å². The van der Waals surface area contributed by atoms with E-state index in [0.717, 1.165) is 19.3 Å². The van der Waals surface area contributed by atoms with E-state index in [1.54, 1.807) is 0 Å². The number of rotatable bonds is 2. The monoisotopic (exact) mass is 432 g/mol. The molecule has 1 amide bonds. The van der Waals surface area contributed by atoms with Crippen molar-refractivity contribution in [2.75, 3.05) is 6.61 Å². The molecule has 0 N–H and O–H groups in total. The summed E-state index contributed by atoms with van der Waals surface area (Å²) in [6.45, 7) is 3.48. The molecule has 0 saturated carbocycles. The van der Waals surface area contributed by atoms with Gasteiger partial charge < -0.3 is 14.2 Å². The van der Waals surface area contributed by atoms with Gasteiger partial charge in [-0.15, -0.1) is 11.3 Å². The van der Waals surface area contributed by atoms with Crippen LogP contribution in [0, 0.1) is 6.92 Å². The first-order valence-corrected chi connectivity index (χ1v) is 12.3. The van der Waals surface area contributed by atoms with E-state index in [2.05, 4.69) is 59.0 Å². The minimum atomic E-state index is -0.313. The SMILES string of the molecule is Cc1cccc(C2c3cccn3-c3sc4c(c3CN2C(=O)C2CCCO2)CCCC4)c1. The van der Waals surface area contributed by atoms with E-state index in [9.17, 15) is 4.79 Å². The van der Waals surface area contributed by atoms with Gasteiger partial charge in [0.2, 0.25) is 0 Å². The van der Waals surface area contributed by atoms with Gasteiger partial charge in [0.25, 0.3) is 5.91 Å². The highest BCUT2D eigenvalue weighted by Gasteiger charge is 2.39. The molecule has 0 bridgehead atoms. The third-order valence-corrected chi connectivity index (χ3v) is 8.36. The molecule has 0 spiro atoms. The van der Waals surface area contributed by atoms with E-state index in [4.69, 9.17) is 4.74 Å². The normalized spacial score (nSPS) is 22.5. The largest absolute Gasteiger partial charge is 0.368 e. The predicted octanol–water partition coefficient (Wildman–Crippen LogP) is 5.34. The van der Waals surface area contributed by atoms with E-state index in [1.807, 2.05) is 11.3 Å². The van der Waals surface area contributed by atoms with Crippen LogP contribution >= 0.6 is 11.3 Å². The summed E-state index contributed by atoms with van der Waals surface area (Å²) >= 11 is 1.94. The van der Waals surface area contributed by atoms with Crippen LogP contribution in [0.5, 0.6) is 0 Å². The zero-order valence-electron chi connectivity index (χ0n) is 18.0. The topological polar surface area (TPSA) is 34.5 Å². The van der Waals surface area contributed by atoms with Crippen molar-refractivity contribution in [1.29, 1.82) is 0 Å². The number of hydrogen-bond acceptors (Lipinski definition) is 3. The second-order valence-corrected chi connectivity index (χ2v) is 10.2. The van der Waals surface area contributed by atoms with Crippen LogP contribution in [-0.4, -0.2) is 28.1 Å². The lowest BCUT2D eigenvalue weighted by atomic mass is 9.94. The summed E-state index contributed by atoms with van der Waals surface area (Å²) in [7, 11) is 0. The molecule has 5 heteroatoms. The summed E-state index contributed by atoms with van der Waals surface area (Å²) in [6.07, 6.45) is 8.48. The number of aryl methyl sites for hydroxylation is 2. The van der Waals surface area contributed by atoms with E-state index in [0.29, 0.717) is 13.2 Å². The Morgan fingerprint density at radius 2 is 2.00 bits per heavy atom. The van der Waals surface area contributed by atoms with Crippen LogP contribution in [0.4, 0.5) is 0 Å². The number of amides is 1. The Labute approximate surface area is 187 Å². The van der Waals surface area contributed by atoms with Crippen LogP contribution in [0.25, 0.3) is 5.00 Å². The fraction of sp³-hybridized carbons (Fsp3) is 0.423. The average molecular weight is 433 g/mol. The lowest BCUT2D eigenvalue weighted by Gasteiger charge is -2.33. The molecule has 2 atom stereocenters. The van der Waals surface area contributed by atoms with Crippen molar-refractivity contribution in [3.05, 3.63) is 75.4 Å². The van der Waals surface area contributed by atoms with E-state index in [-0.39, 0.29) is 18.1 Å². The second kappa shape index (κ2) is 7.64. The van der Waals surface area contributed by atoms with E-state index >= 15 is 0 Å². The Bertz CT molecular complexity index is 1140. The van der Waals surface area contributed by atoms with Crippen LogP contribution in [0.3, 0.4) is 0 Å². The molecular weight excluding hydrogens is 404 g/mol. The standard InChI is InChI=1S/C26H28N2O2S/c1-17-7-4-8-18(15-17)24-21-10-5-13-27(21)26-20(19-9-2-3-12-23(19)31-26)16-28(24)25(29)22-11-6-14-30-22/h4-5,7-8,10,13,15,22,24H,2-3,6,9,11-12,14,16H2,1H3. The Balaban J connectivity index is 1.55. The third-order valence-electron chi connectivity index (χ3n) is 7.02. The van der Waals surface area contributed by atoms with Gasteiger partial charge in [-0.05, 0) is 68.7 Å². The summed E-state index contributed by atoms with van der Waals surface area (Å²) in [5.41, 5.74) is 6.43. The fourth-order valence-corrected chi connectivity index (χ4v) is 6.95. The van der Waals surface area contributed by atoms with Crippen LogP contribution in [0.15, 0.2) is 42.6 Å². The van der Waals surface area contributed by atoms with Gasteiger partial charge in [0.1, 0.15) is 11.1 Å². The van der Waals surface area contributed by atoms with Gasteiger partial charge in [-0.3, -0.25) is 4.79 Å². The molecule has 2 unspecified atom stereocenters. The fourth-order valence-electron chi connectivity index (χ4n) is 5.55. The molecule has 3 aromatic rings. The van der Waals surface area contributed by atoms with Gasteiger partial charge in [0, 0.05) is 29.8 Å². The first-order valence-electron chi connectivity index (χ1n) is 11.5. The van der Waals surface area contributed by atoms with Gasteiger partial charge in [-0.1, -0.05) is 29.8 Å². The minimum Gasteiger partial charge on any atom is -0.368 e. The minimum absolute atomic E-state index is 0.106.